The number of hydrogen-bond donors (Lipinski definition) is 2. The van der Waals surface area contributed by atoms with Crippen LogP contribution in [-0.2, 0) is 11.3 Å². The van der Waals surface area contributed by atoms with Crippen LogP contribution in [0.25, 0.3) is 0 Å². The monoisotopic (exact) mass is 389 g/mol. The Bertz CT molecular complexity index is 958. The zero-order valence-corrected chi connectivity index (χ0v) is 16.0. The number of rotatable bonds is 6. The second kappa shape index (κ2) is 9.16. The fourth-order valence-electron chi connectivity index (χ4n) is 3.21. The highest BCUT2D eigenvalue weighted by Gasteiger charge is 2.17. The molecule has 0 saturated carbocycles. The third kappa shape index (κ3) is 4.89. The molecule has 1 aromatic carbocycles. The van der Waals surface area contributed by atoms with E-state index in [1.807, 2.05) is 48.5 Å². The topological polar surface area (TPSA) is 79.4 Å². The predicted molar refractivity (Wildman–Crippen MR) is 113 cm³/mol. The van der Waals surface area contributed by atoms with Gasteiger partial charge < -0.3 is 20.3 Å². The maximum absolute atomic E-state index is 12.8. The Morgan fingerprint density at radius 3 is 2.66 bits per heavy atom. The highest BCUT2D eigenvalue weighted by Crippen LogP contribution is 2.26. The van der Waals surface area contributed by atoms with Gasteiger partial charge in [-0.3, -0.25) is 14.8 Å². The minimum atomic E-state index is -0.243. The molecule has 0 radical (unpaired) electrons. The van der Waals surface area contributed by atoms with Crippen molar-refractivity contribution < 1.29 is 9.53 Å². The van der Waals surface area contributed by atoms with E-state index in [9.17, 15) is 4.79 Å². The summed E-state index contributed by atoms with van der Waals surface area (Å²) in [4.78, 5) is 23.6. The van der Waals surface area contributed by atoms with Crippen molar-refractivity contribution in [2.75, 3.05) is 41.8 Å². The van der Waals surface area contributed by atoms with E-state index in [0.717, 1.165) is 35.8 Å². The summed E-state index contributed by atoms with van der Waals surface area (Å²) in [7, 11) is 0. The Labute approximate surface area is 169 Å². The SMILES string of the molecule is O=C(Nc1ccccc1N1CCOCC1)c1cc(NCc2ccccn2)ccn1. The van der Waals surface area contributed by atoms with Crippen LogP contribution in [0.1, 0.15) is 16.2 Å². The molecule has 2 N–H and O–H groups in total. The Kier molecular flexibility index (Phi) is 5.97. The van der Waals surface area contributed by atoms with Gasteiger partial charge in [0.15, 0.2) is 0 Å². The number of amides is 1. The molecule has 3 aromatic rings. The van der Waals surface area contributed by atoms with Gasteiger partial charge in [-0.15, -0.1) is 0 Å². The molecular formula is C22H23N5O2. The van der Waals surface area contributed by atoms with Crippen LogP contribution < -0.4 is 15.5 Å². The zero-order chi connectivity index (χ0) is 19.9. The van der Waals surface area contributed by atoms with E-state index in [0.29, 0.717) is 25.5 Å². The van der Waals surface area contributed by atoms with Gasteiger partial charge in [0.1, 0.15) is 5.69 Å². The molecule has 1 saturated heterocycles. The van der Waals surface area contributed by atoms with E-state index in [-0.39, 0.29) is 5.91 Å². The van der Waals surface area contributed by atoms with Gasteiger partial charge >= 0.3 is 0 Å². The molecule has 0 atom stereocenters. The number of pyridine rings is 2. The summed E-state index contributed by atoms with van der Waals surface area (Å²) < 4.78 is 5.43. The van der Waals surface area contributed by atoms with Crippen molar-refractivity contribution in [3.63, 3.8) is 0 Å². The lowest BCUT2D eigenvalue weighted by molar-refractivity contribution is 0.102. The second-order valence-electron chi connectivity index (χ2n) is 6.68. The molecule has 1 fully saturated rings. The number of nitrogens with zero attached hydrogens (tertiary/aromatic N) is 3. The quantitative estimate of drug-likeness (QED) is 0.674. The van der Waals surface area contributed by atoms with Gasteiger partial charge in [-0.2, -0.15) is 0 Å². The van der Waals surface area contributed by atoms with Gasteiger partial charge in [0.2, 0.25) is 0 Å². The lowest BCUT2D eigenvalue weighted by atomic mass is 10.2. The number of carbonyl (C=O) groups is 1. The number of morpholine rings is 1. The number of hydrogen-bond acceptors (Lipinski definition) is 6. The summed E-state index contributed by atoms with van der Waals surface area (Å²) in [5, 5.41) is 6.28. The van der Waals surface area contributed by atoms with Gasteiger partial charge in [0.25, 0.3) is 5.91 Å². The van der Waals surface area contributed by atoms with Gasteiger partial charge in [-0.05, 0) is 36.4 Å². The molecule has 1 aliphatic heterocycles. The van der Waals surface area contributed by atoms with Crippen LogP contribution >= 0.6 is 0 Å². The number of anilines is 3. The van der Waals surface area contributed by atoms with Gasteiger partial charge in [-0.1, -0.05) is 18.2 Å². The largest absolute Gasteiger partial charge is 0.379 e. The lowest BCUT2D eigenvalue weighted by Gasteiger charge is -2.30. The van der Waals surface area contributed by atoms with Crippen LogP contribution in [0, 0.1) is 0 Å². The molecule has 7 nitrogen and oxygen atoms in total. The van der Waals surface area contributed by atoms with Crippen molar-refractivity contribution in [2.45, 2.75) is 6.54 Å². The fourth-order valence-corrected chi connectivity index (χ4v) is 3.21. The molecule has 148 valence electrons. The molecular weight excluding hydrogens is 366 g/mol. The lowest BCUT2D eigenvalue weighted by Crippen LogP contribution is -2.36. The third-order valence-electron chi connectivity index (χ3n) is 4.70. The Hall–Kier alpha value is -3.45. The maximum Gasteiger partial charge on any atom is 0.274 e. The first-order valence-corrected chi connectivity index (χ1v) is 9.62. The third-order valence-corrected chi connectivity index (χ3v) is 4.70. The first kappa shape index (κ1) is 18.9. The molecule has 0 unspecified atom stereocenters. The fraction of sp³-hybridized carbons (Fsp3) is 0.227. The van der Waals surface area contributed by atoms with Crippen LogP contribution in [0.5, 0.6) is 0 Å². The zero-order valence-electron chi connectivity index (χ0n) is 16.0. The summed E-state index contributed by atoms with van der Waals surface area (Å²) in [6.07, 6.45) is 3.39. The molecule has 29 heavy (non-hydrogen) atoms. The number of benzene rings is 1. The molecule has 3 heterocycles. The molecule has 1 amide bonds. The maximum atomic E-state index is 12.8. The van der Waals surface area contributed by atoms with Crippen LogP contribution in [0.3, 0.4) is 0 Å². The molecule has 7 heteroatoms. The number of aromatic nitrogens is 2. The van der Waals surface area contributed by atoms with Gasteiger partial charge in [0, 0.05) is 31.2 Å². The van der Waals surface area contributed by atoms with Crippen LogP contribution in [0.4, 0.5) is 17.1 Å². The summed E-state index contributed by atoms with van der Waals surface area (Å²) in [5.74, 6) is -0.243. The Morgan fingerprint density at radius 2 is 1.83 bits per heavy atom. The van der Waals surface area contributed by atoms with Crippen LogP contribution in [0.15, 0.2) is 67.0 Å². The standard InChI is InChI=1S/C22H23N5O2/c28-22(26-19-6-1-2-7-21(19)27-11-13-29-14-12-27)20-15-17(8-10-24-20)25-16-18-5-3-4-9-23-18/h1-10,15H,11-14,16H2,(H,24,25)(H,26,28). The summed E-state index contributed by atoms with van der Waals surface area (Å²) in [6.45, 7) is 3.56. The van der Waals surface area contributed by atoms with E-state index in [1.165, 1.54) is 0 Å². The number of para-hydroxylation sites is 2. The molecule has 0 bridgehead atoms. The first-order valence-electron chi connectivity index (χ1n) is 9.62. The first-order chi connectivity index (χ1) is 14.3. The highest BCUT2D eigenvalue weighted by molar-refractivity contribution is 6.05. The summed E-state index contributed by atoms with van der Waals surface area (Å²) >= 11 is 0. The average molecular weight is 389 g/mol. The van der Waals surface area contributed by atoms with Crippen LogP contribution in [-0.4, -0.2) is 42.2 Å². The average Bonchev–Trinajstić information content (AvgIpc) is 2.79. The molecule has 0 spiro atoms. The summed E-state index contributed by atoms with van der Waals surface area (Å²) in [5.41, 5.74) is 3.86. The second-order valence-corrected chi connectivity index (χ2v) is 6.68. The number of nitrogens with one attached hydrogen (secondary N) is 2. The van der Waals surface area contributed by atoms with Crippen molar-refractivity contribution in [2.24, 2.45) is 0 Å². The molecule has 4 rings (SSSR count). The van der Waals surface area contributed by atoms with Gasteiger partial charge in [-0.25, -0.2) is 0 Å². The molecule has 0 aliphatic carbocycles. The van der Waals surface area contributed by atoms with E-state index in [1.54, 1.807) is 18.5 Å². The molecule has 2 aromatic heterocycles. The highest BCUT2D eigenvalue weighted by atomic mass is 16.5. The van der Waals surface area contributed by atoms with Crippen molar-refractivity contribution in [1.82, 2.24) is 9.97 Å². The van der Waals surface area contributed by atoms with E-state index in [2.05, 4.69) is 25.5 Å². The van der Waals surface area contributed by atoms with Crippen molar-refractivity contribution in [3.8, 4) is 0 Å². The van der Waals surface area contributed by atoms with Crippen molar-refractivity contribution in [1.29, 1.82) is 0 Å². The number of ether oxygens (including phenoxy) is 1. The minimum absolute atomic E-state index is 0.243. The van der Waals surface area contributed by atoms with Crippen molar-refractivity contribution >= 4 is 23.0 Å². The smallest absolute Gasteiger partial charge is 0.274 e. The van der Waals surface area contributed by atoms with E-state index < -0.39 is 0 Å². The van der Waals surface area contributed by atoms with E-state index >= 15 is 0 Å². The van der Waals surface area contributed by atoms with Crippen LogP contribution in [0.2, 0.25) is 0 Å². The van der Waals surface area contributed by atoms with E-state index in [4.69, 9.17) is 4.74 Å². The Morgan fingerprint density at radius 1 is 1.00 bits per heavy atom. The normalized spacial score (nSPS) is 13.7. The van der Waals surface area contributed by atoms with Crippen molar-refractivity contribution in [3.05, 3.63) is 78.4 Å². The number of carbonyl (C=O) groups excluding carboxylic acids is 1. The Balaban J connectivity index is 1.45. The predicted octanol–water partition coefficient (Wildman–Crippen LogP) is 3.18. The summed E-state index contributed by atoms with van der Waals surface area (Å²) in [6, 6.07) is 17.2. The molecule has 1 aliphatic rings. The minimum Gasteiger partial charge on any atom is -0.379 e. The van der Waals surface area contributed by atoms with Gasteiger partial charge in [0.05, 0.1) is 36.8 Å².